The molecule has 0 bridgehead atoms. The molecular weight excluding hydrogens is 238 g/mol. The van der Waals surface area contributed by atoms with Crippen molar-refractivity contribution in [2.45, 2.75) is 12.8 Å². The predicted octanol–water partition coefficient (Wildman–Crippen LogP) is 2.88. The van der Waals surface area contributed by atoms with Crippen LogP contribution in [0.3, 0.4) is 0 Å². The number of methoxy groups -OCH3 is 1. The first kappa shape index (κ1) is 12.0. The number of ether oxygens (including phenoxy) is 2. The summed E-state index contributed by atoms with van der Waals surface area (Å²) in [5, 5.41) is 0. The van der Waals surface area contributed by atoms with Crippen LogP contribution in [0.1, 0.15) is 11.3 Å². The van der Waals surface area contributed by atoms with Crippen LogP contribution in [0.2, 0.25) is 0 Å². The molecule has 1 atom stereocenters. The maximum atomic E-state index is 5.81. The van der Waals surface area contributed by atoms with Crippen molar-refractivity contribution in [3.63, 3.8) is 0 Å². The summed E-state index contributed by atoms with van der Waals surface area (Å²) in [5.41, 5.74) is 2.30. The summed E-state index contributed by atoms with van der Waals surface area (Å²) in [6.07, 6.45) is 3.74. The number of nitrogens with zero attached hydrogens (tertiary/aromatic N) is 1. The minimum absolute atomic E-state index is 0.457. The first-order valence-corrected chi connectivity index (χ1v) is 6.55. The number of fused-ring (bicyclic) bond motifs is 1. The quantitative estimate of drug-likeness (QED) is 0.845. The third-order valence-electron chi connectivity index (χ3n) is 3.51. The second-order valence-electron chi connectivity index (χ2n) is 4.85. The highest BCUT2D eigenvalue weighted by Crippen LogP contribution is 2.29. The largest absolute Gasteiger partial charge is 0.495 e. The van der Waals surface area contributed by atoms with Crippen molar-refractivity contribution in [3.05, 3.63) is 53.9 Å². The third-order valence-corrected chi connectivity index (χ3v) is 3.51. The summed E-state index contributed by atoms with van der Waals surface area (Å²) in [4.78, 5) is 4.42. The minimum atomic E-state index is 0.457. The van der Waals surface area contributed by atoms with Crippen molar-refractivity contribution < 1.29 is 9.47 Å². The lowest BCUT2D eigenvalue weighted by Crippen LogP contribution is -2.23. The Morgan fingerprint density at radius 1 is 1.26 bits per heavy atom. The van der Waals surface area contributed by atoms with Gasteiger partial charge in [-0.15, -0.1) is 0 Å². The fourth-order valence-corrected chi connectivity index (χ4v) is 2.56. The van der Waals surface area contributed by atoms with Gasteiger partial charge in [0.2, 0.25) is 0 Å². The van der Waals surface area contributed by atoms with Crippen LogP contribution in [0, 0.1) is 5.92 Å². The number of hydrogen-bond donors (Lipinski definition) is 0. The van der Waals surface area contributed by atoms with E-state index >= 15 is 0 Å². The van der Waals surface area contributed by atoms with E-state index in [9.17, 15) is 0 Å². The number of pyridine rings is 1. The molecule has 0 radical (unpaired) electrons. The first-order chi connectivity index (χ1) is 9.36. The van der Waals surface area contributed by atoms with Crippen LogP contribution in [-0.2, 0) is 12.8 Å². The number of aromatic nitrogens is 1. The molecule has 0 spiro atoms. The molecule has 1 aromatic heterocycles. The second kappa shape index (κ2) is 5.31. The van der Waals surface area contributed by atoms with Gasteiger partial charge in [-0.1, -0.05) is 18.2 Å². The van der Waals surface area contributed by atoms with Crippen molar-refractivity contribution in [1.29, 1.82) is 0 Å². The Kier molecular flexibility index (Phi) is 3.36. The van der Waals surface area contributed by atoms with Gasteiger partial charge in [0.25, 0.3) is 0 Å². The van der Waals surface area contributed by atoms with E-state index in [0.717, 1.165) is 36.6 Å². The normalized spacial score (nSPS) is 17.4. The van der Waals surface area contributed by atoms with Gasteiger partial charge in [0.1, 0.15) is 11.5 Å². The van der Waals surface area contributed by atoms with E-state index in [2.05, 4.69) is 17.1 Å². The number of hydrogen-bond acceptors (Lipinski definition) is 3. The van der Waals surface area contributed by atoms with E-state index in [0.29, 0.717) is 5.92 Å². The van der Waals surface area contributed by atoms with Crippen molar-refractivity contribution in [3.8, 4) is 11.5 Å². The van der Waals surface area contributed by atoms with E-state index < -0.39 is 0 Å². The zero-order valence-electron chi connectivity index (χ0n) is 11.0. The van der Waals surface area contributed by atoms with Crippen LogP contribution in [0.25, 0.3) is 0 Å². The number of para-hydroxylation sites is 1. The molecule has 19 heavy (non-hydrogen) atoms. The molecule has 0 N–H and O–H groups in total. The van der Waals surface area contributed by atoms with Gasteiger partial charge < -0.3 is 9.47 Å². The molecule has 0 saturated carbocycles. The summed E-state index contributed by atoms with van der Waals surface area (Å²) in [6.45, 7) is 0.747. The average molecular weight is 255 g/mol. The molecule has 0 fully saturated rings. The number of benzene rings is 1. The molecule has 3 heteroatoms. The summed E-state index contributed by atoms with van der Waals surface area (Å²) >= 11 is 0. The molecule has 0 saturated heterocycles. The maximum Gasteiger partial charge on any atom is 0.140 e. The van der Waals surface area contributed by atoms with Gasteiger partial charge in [0.05, 0.1) is 19.4 Å². The van der Waals surface area contributed by atoms with Crippen molar-refractivity contribution in [1.82, 2.24) is 4.98 Å². The van der Waals surface area contributed by atoms with Crippen LogP contribution in [0.4, 0.5) is 0 Å². The van der Waals surface area contributed by atoms with Crippen molar-refractivity contribution in [2.24, 2.45) is 5.92 Å². The topological polar surface area (TPSA) is 31.4 Å². The lowest BCUT2D eigenvalue weighted by molar-refractivity contribution is 0.219. The van der Waals surface area contributed by atoms with Crippen LogP contribution in [-0.4, -0.2) is 18.7 Å². The smallest absolute Gasteiger partial charge is 0.140 e. The fraction of sp³-hybridized carbons (Fsp3) is 0.312. The molecule has 1 aliphatic heterocycles. The van der Waals surface area contributed by atoms with Gasteiger partial charge in [-0.3, -0.25) is 4.98 Å². The van der Waals surface area contributed by atoms with E-state index in [1.165, 1.54) is 5.56 Å². The van der Waals surface area contributed by atoms with Gasteiger partial charge in [-0.25, -0.2) is 0 Å². The number of rotatable bonds is 3. The molecule has 1 aliphatic rings. The Hall–Kier alpha value is -2.03. The molecule has 3 nitrogen and oxygen atoms in total. The molecule has 3 rings (SSSR count). The highest BCUT2D eigenvalue weighted by atomic mass is 16.5. The Morgan fingerprint density at radius 3 is 3.05 bits per heavy atom. The monoisotopic (exact) mass is 255 g/mol. The Balaban J connectivity index is 1.75. The zero-order chi connectivity index (χ0) is 13.1. The van der Waals surface area contributed by atoms with E-state index in [-0.39, 0.29) is 0 Å². The first-order valence-electron chi connectivity index (χ1n) is 6.55. The SMILES string of the molecule is COc1cccnc1CC1COc2ccccc2C1. The van der Waals surface area contributed by atoms with Crippen LogP contribution in [0.15, 0.2) is 42.6 Å². The molecular formula is C16H17NO2. The van der Waals surface area contributed by atoms with Crippen LogP contribution >= 0.6 is 0 Å². The van der Waals surface area contributed by atoms with Crippen LogP contribution in [0.5, 0.6) is 11.5 Å². The highest BCUT2D eigenvalue weighted by molar-refractivity contribution is 5.35. The molecule has 1 unspecified atom stereocenters. The van der Waals surface area contributed by atoms with Gasteiger partial charge in [0, 0.05) is 12.1 Å². The third kappa shape index (κ3) is 2.55. The summed E-state index contributed by atoms with van der Waals surface area (Å²) in [5.74, 6) is 2.34. The van der Waals surface area contributed by atoms with Gasteiger partial charge in [-0.2, -0.15) is 0 Å². The summed E-state index contributed by atoms with van der Waals surface area (Å²) < 4.78 is 11.2. The van der Waals surface area contributed by atoms with E-state index in [1.807, 2.05) is 30.5 Å². The molecule has 2 heterocycles. The van der Waals surface area contributed by atoms with Crippen molar-refractivity contribution >= 4 is 0 Å². The molecule has 0 amide bonds. The lowest BCUT2D eigenvalue weighted by atomic mass is 9.92. The van der Waals surface area contributed by atoms with Gasteiger partial charge in [-0.05, 0) is 36.6 Å². The summed E-state index contributed by atoms with van der Waals surface area (Å²) in [7, 11) is 1.69. The Labute approximate surface area is 113 Å². The van der Waals surface area contributed by atoms with Crippen molar-refractivity contribution in [2.75, 3.05) is 13.7 Å². The van der Waals surface area contributed by atoms with E-state index in [1.54, 1.807) is 7.11 Å². The standard InChI is InChI=1S/C16H17NO2/c1-18-16-7-4-8-17-14(16)10-12-9-13-5-2-3-6-15(13)19-11-12/h2-8,12H,9-11H2,1H3. The Bertz CT molecular complexity index is 568. The molecule has 98 valence electrons. The van der Waals surface area contributed by atoms with E-state index in [4.69, 9.17) is 9.47 Å². The molecule has 2 aromatic rings. The predicted molar refractivity (Wildman–Crippen MR) is 73.6 cm³/mol. The highest BCUT2D eigenvalue weighted by Gasteiger charge is 2.21. The van der Waals surface area contributed by atoms with Gasteiger partial charge >= 0.3 is 0 Å². The maximum absolute atomic E-state index is 5.81. The van der Waals surface area contributed by atoms with Crippen LogP contribution < -0.4 is 9.47 Å². The average Bonchev–Trinajstić information content (AvgIpc) is 2.48. The second-order valence-corrected chi connectivity index (χ2v) is 4.85. The molecule has 1 aromatic carbocycles. The Morgan fingerprint density at radius 2 is 2.16 bits per heavy atom. The minimum Gasteiger partial charge on any atom is -0.495 e. The lowest BCUT2D eigenvalue weighted by Gasteiger charge is -2.25. The summed E-state index contributed by atoms with van der Waals surface area (Å²) in [6, 6.07) is 12.1. The zero-order valence-corrected chi connectivity index (χ0v) is 11.0. The molecule has 0 aliphatic carbocycles. The fourth-order valence-electron chi connectivity index (χ4n) is 2.56. The van der Waals surface area contributed by atoms with Gasteiger partial charge in [0.15, 0.2) is 0 Å².